The van der Waals surface area contributed by atoms with Crippen LogP contribution < -0.4 is 9.64 Å². The molecule has 3 amide bonds. The summed E-state index contributed by atoms with van der Waals surface area (Å²) in [6, 6.07) is 6.62. The van der Waals surface area contributed by atoms with E-state index < -0.39 is 11.8 Å². The molecule has 1 saturated heterocycles. The lowest BCUT2D eigenvalue weighted by molar-refractivity contribution is -0.134. The van der Waals surface area contributed by atoms with Crippen LogP contribution in [0.3, 0.4) is 0 Å². The second kappa shape index (κ2) is 8.10. The molecule has 4 rings (SSSR count). The molecule has 2 aromatic rings. The summed E-state index contributed by atoms with van der Waals surface area (Å²) in [5, 5.41) is 0. The van der Waals surface area contributed by atoms with Crippen molar-refractivity contribution < 1.29 is 19.1 Å². The third-order valence-electron chi connectivity index (χ3n) is 5.25. The lowest BCUT2D eigenvalue weighted by Crippen LogP contribution is -2.49. The van der Waals surface area contributed by atoms with Crippen LogP contribution in [-0.4, -0.2) is 77.3 Å². The number of anilines is 1. The van der Waals surface area contributed by atoms with Crippen molar-refractivity contribution in [2.24, 2.45) is 0 Å². The molecule has 3 heterocycles. The fraction of sp³-hybridized carbons (Fsp3) is 0.381. The zero-order valence-electron chi connectivity index (χ0n) is 16.9. The zero-order valence-corrected chi connectivity index (χ0v) is 16.9. The van der Waals surface area contributed by atoms with E-state index in [1.807, 2.05) is 19.0 Å². The van der Waals surface area contributed by atoms with E-state index in [9.17, 15) is 14.4 Å². The molecule has 0 saturated carbocycles. The first-order valence-electron chi connectivity index (χ1n) is 9.83. The van der Waals surface area contributed by atoms with Crippen LogP contribution in [0.5, 0.6) is 5.88 Å². The number of carbonyl (C=O) groups is 3. The average Bonchev–Trinajstić information content (AvgIpc) is 2.99. The SMILES string of the molecule is CN(C)c1nccnc1OC1CCCN(C(=O)CN2C(=O)c3ccccc3C2=O)C1. The predicted molar refractivity (Wildman–Crippen MR) is 108 cm³/mol. The number of aromatic nitrogens is 2. The van der Waals surface area contributed by atoms with E-state index in [1.54, 1.807) is 41.6 Å². The van der Waals surface area contributed by atoms with Gasteiger partial charge in [-0.2, -0.15) is 0 Å². The van der Waals surface area contributed by atoms with Crippen LogP contribution in [0, 0.1) is 0 Å². The first-order valence-corrected chi connectivity index (χ1v) is 9.83. The van der Waals surface area contributed by atoms with E-state index in [-0.39, 0.29) is 18.6 Å². The van der Waals surface area contributed by atoms with E-state index >= 15 is 0 Å². The maximum Gasteiger partial charge on any atom is 0.262 e. The van der Waals surface area contributed by atoms with Crippen LogP contribution in [0.1, 0.15) is 33.6 Å². The largest absolute Gasteiger partial charge is 0.470 e. The van der Waals surface area contributed by atoms with Gasteiger partial charge in [-0.1, -0.05) is 12.1 Å². The molecule has 30 heavy (non-hydrogen) atoms. The van der Waals surface area contributed by atoms with Gasteiger partial charge >= 0.3 is 0 Å². The quantitative estimate of drug-likeness (QED) is 0.685. The van der Waals surface area contributed by atoms with Crippen LogP contribution in [0.15, 0.2) is 36.7 Å². The number of fused-ring (bicyclic) bond motifs is 1. The topological polar surface area (TPSA) is 95.9 Å². The first kappa shape index (κ1) is 19.8. The summed E-state index contributed by atoms with van der Waals surface area (Å²) < 4.78 is 6.03. The van der Waals surface area contributed by atoms with Gasteiger partial charge in [0, 0.05) is 33.0 Å². The standard InChI is InChI=1S/C21H23N5O4/c1-24(2)18-19(23-10-9-22-18)30-14-6-5-11-25(12-14)17(27)13-26-20(28)15-7-3-4-8-16(15)21(26)29/h3-4,7-10,14H,5-6,11-13H2,1-2H3. The zero-order chi connectivity index (χ0) is 21.3. The highest BCUT2D eigenvalue weighted by Gasteiger charge is 2.37. The summed E-state index contributed by atoms with van der Waals surface area (Å²) in [6.45, 7) is 0.654. The van der Waals surface area contributed by atoms with Crippen molar-refractivity contribution >= 4 is 23.5 Å². The van der Waals surface area contributed by atoms with Gasteiger partial charge in [-0.15, -0.1) is 0 Å². The van der Waals surface area contributed by atoms with E-state index in [0.29, 0.717) is 35.9 Å². The maximum absolute atomic E-state index is 12.9. The minimum absolute atomic E-state index is 0.236. The van der Waals surface area contributed by atoms with Crippen molar-refractivity contribution in [3.05, 3.63) is 47.8 Å². The van der Waals surface area contributed by atoms with Gasteiger partial charge in [-0.05, 0) is 25.0 Å². The van der Waals surface area contributed by atoms with E-state index in [0.717, 1.165) is 17.7 Å². The van der Waals surface area contributed by atoms with Crippen LogP contribution in [0.2, 0.25) is 0 Å². The van der Waals surface area contributed by atoms with Crippen molar-refractivity contribution in [3.8, 4) is 5.88 Å². The Hall–Kier alpha value is -3.49. The molecular weight excluding hydrogens is 386 g/mol. The van der Waals surface area contributed by atoms with Crippen molar-refractivity contribution in [3.63, 3.8) is 0 Å². The van der Waals surface area contributed by atoms with Gasteiger partial charge in [-0.3, -0.25) is 19.3 Å². The molecule has 1 atom stereocenters. The maximum atomic E-state index is 12.9. The van der Waals surface area contributed by atoms with Crippen LogP contribution in [0.25, 0.3) is 0 Å². The fourth-order valence-electron chi connectivity index (χ4n) is 3.74. The number of amides is 3. The van der Waals surface area contributed by atoms with Gasteiger partial charge in [0.1, 0.15) is 12.6 Å². The van der Waals surface area contributed by atoms with Gasteiger partial charge in [0.05, 0.1) is 17.7 Å². The molecule has 2 aliphatic rings. The minimum atomic E-state index is -0.427. The highest BCUT2D eigenvalue weighted by molar-refractivity contribution is 6.22. The number of imide groups is 1. The van der Waals surface area contributed by atoms with Gasteiger partial charge in [0.2, 0.25) is 5.91 Å². The number of likely N-dealkylation sites (tertiary alicyclic amines) is 1. The molecule has 0 radical (unpaired) electrons. The molecule has 2 aliphatic heterocycles. The third kappa shape index (κ3) is 3.70. The summed E-state index contributed by atoms with van der Waals surface area (Å²) in [5.74, 6) is -0.0909. The molecule has 1 aromatic heterocycles. The Morgan fingerprint density at radius 2 is 1.80 bits per heavy atom. The fourth-order valence-corrected chi connectivity index (χ4v) is 3.74. The van der Waals surface area contributed by atoms with Gasteiger partial charge in [0.15, 0.2) is 5.82 Å². The lowest BCUT2D eigenvalue weighted by atomic mass is 10.1. The highest BCUT2D eigenvalue weighted by atomic mass is 16.5. The number of benzene rings is 1. The Morgan fingerprint density at radius 3 is 2.47 bits per heavy atom. The number of rotatable bonds is 5. The monoisotopic (exact) mass is 409 g/mol. The molecule has 9 nitrogen and oxygen atoms in total. The summed E-state index contributed by atoms with van der Waals surface area (Å²) in [4.78, 5) is 50.9. The average molecular weight is 409 g/mol. The number of nitrogens with zero attached hydrogens (tertiary/aromatic N) is 5. The highest BCUT2D eigenvalue weighted by Crippen LogP contribution is 2.25. The van der Waals surface area contributed by atoms with Crippen molar-refractivity contribution in [2.45, 2.75) is 18.9 Å². The second-order valence-corrected chi connectivity index (χ2v) is 7.54. The number of piperidine rings is 1. The third-order valence-corrected chi connectivity index (χ3v) is 5.25. The molecule has 1 aromatic carbocycles. The molecule has 1 unspecified atom stereocenters. The van der Waals surface area contributed by atoms with E-state index in [4.69, 9.17) is 4.74 Å². The van der Waals surface area contributed by atoms with Crippen molar-refractivity contribution in [2.75, 3.05) is 38.6 Å². The number of hydrogen-bond acceptors (Lipinski definition) is 7. The molecule has 0 aliphatic carbocycles. The van der Waals surface area contributed by atoms with Crippen molar-refractivity contribution in [1.29, 1.82) is 0 Å². The van der Waals surface area contributed by atoms with Crippen LogP contribution >= 0.6 is 0 Å². The summed E-state index contributed by atoms with van der Waals surface area (Å²) in [6.07, 6.45) is 4.47. The van der Waals surface area contributed by atoms with Gasteiger partial charge in [0.25, 0.3) is 17.7 Å². The van der Waals surface area contributed by atoms with E-state index in [1.165, 1.54) is 0 Å². The molecule has 1 fully saturated rings. The van der Waals surface area contributed by atoms with Crippen LogP contribution in [0.4, 0.5) is 5.82 Å². The summed E-state index contributed by atoms with van der Waals surface area (Å²) >= 11 is 0. The lowest BCUT2D eigenvalue weighted by Gasteiger charge is -2.33. The Kier molecular flexibility index (Phi) is 5.35. The van der Waals surface area contributed by atoms with E-state index in [2.05, 4.69) is 9.97 Å². The number of ether oxygens (including phenoxy) is 1. The number of hydrogen-bond donors (Lipinski definition) is 0. The van der Waals surface area contributed by atoms with Crippen molar-refractivity contribution in [1.82, 2.24) is 19.8 Å². The minimum Gasteiger partial charge on any atom is -0.470 e. The molecule has 9 heteroatoms. The van der Waals surface area contributed by atoms with Gasteiger partial charge in [-0.25, -0.2) is 9.97 Å². The molecule has 0 spiro atoms. The van der Waals surface area contributed by atoms with Crippen LogP contribution in [-0.2, 0) is 4.79 Å². The molecule has 156 valence electrons. The second-order valence-electron chi connectivity index (χ2n) is 7.54. The Bertz CT molecular complexity index is 958. The van der Waals surface area contributed by atoms with Gasteiger partial charge < -0.3 is 14.5 Å². The smallest absolute Gasteiger partial charge is 0.262 e. The number of carbonyl (C=O) groups excluding carboxylic acids is 3. The summed E-state index contributed by atoms with van der Waals surface area (Å²) in [5.41, 5.74) is 0.683. The molecule has 0 bridgehead atoms. The summed E-state index contributed by atoms with van der Waals surface area (Å²) in [7, 11) is 3.71. The Balaban J connectivity index is 1.41. The first-order chi connectivity index (χ1) is 14.5. The predicted octanol–water partition coefficient (Wildman–Crippen LogP) is 1.21. The Labute approximate surface area is 174 Å². The molecule has 0 N–H and O–H groups in total. The Morgan fingerprint density at radius 1 is 1.13 bits per heavy atom. The normalized spacial score (nSPS) is 18.4. The molecular formula is C21H23N5O4.